The van der Waals surface area contributed by atoms with Gasteiger partial charge in [-0.1, -0.05) is 22.0 Å². The van der Waals surface area contributed by atoms with Gasteiger partial charge >= 0.3 is 0 Å². The lowest BCUT2D eigenvalue weighted by Gasteiger charge is -2.19. The molecule has 0 amide bonds. The lowest BCUT2D eigenvalue weighted by atomic mass is 10.1. The van der Waals surface area contributed by atoms with E-state index in [0.717, 1.165) is 12.8 Å². The molecule has 0 N–H and O–H groups in total. The molecule has 0 atom stereocenters. The molecule has 1 nitrogen and oxygen atoms in total. The molecule has 0 saturated carbocycles. The van der Waals surface area contributed by atoms with Crippen molar-refractivity contribution in [2.24, 2.45) is 0 Å². The highest BCUT2D eigenvalue weighted by Crippen LogP contribution is 2.22. The fraction of sp³-hybridized carbons (Fsp3) is 0.500. The Morgan fingerprint density at radius 2 is 2.00 bits per heavy atom. The minimum Gasteiger partial charge on any atom is -0.381 e. The number of rotatable bonds is 1. The average molecular weight is 202 g/mol. The predicted octanol–water partition coefficient (Wildman–Crippen LogP) is 2.50. The highest BCUT2D eigenvalue weighted by molar-refractivity contribution is 9.11. The van der Waals surface area contributed by atoms with E-state index in [1.807, 2.05) is 0 Å². The molecule has 0 spiro atoms. The zero-order valence-corrected chi connectivity index (χ0v) is 7.98. The van der Waals surface area contributed by atoms with Crippen LogP contribution in [0.5, 0.6) is 0 Å². The number of hydrogen-bond acceptors (Lipinski definition) is 1. The van der Waals surface area contributed by atoms with Crippen LogP contribution in [0.15, 0.2) is 22.3 Å². The summed E-state index contributed by atoms with van der Waals surface area (Å²) in [5, 5.41) is 0. The molecule has 1 aliphatic rings. The van der Waals surface area contributed by atoms with Gasteiger partial charge in [0.15, 0.2) is 0 Å². The van der Waals surface area contributed by atoms with Crippen LogP contribution in [0.25, 0.3) is 0 Å². The molecule has 10 heavy (non-hydrogen) atoms. The van der Waals surface area contributed by atoms with Crippen molar-refractivity contribution in [2.45, 2.75) is 12.8 Å². The summed E-state index contributed by atoms with van der Waals surface area (Å²) in [5.41, 5.74) is 1.41. The molecule has 0 aliphatic heterocycles. The van der Waals surface area contributed by atoms with Crippen LogP contribution in [0.4, 0.5) is 0 Å². The minimum absolute atomic E-state index is 1.14. The molecule has 0 aromatic heterocycles. The van der Waals surface area contributed by atoms with E-state index in [-0.39, 0.29) is 0 Å². The average Bonchev–Trinajstić information content (AvgIpc) is 1.88. The van der Waals surface area contributed by atoms with Crippen LogP contribution in [0.3, 0.4) is 0 Å². The van der Waals surface area contributed by atoms with Gasteiger partial charge in [-0.05, 0) is 23.4 Å². The molecule has 1 rings (SSSR count). The fourth-order valence-corrected chi connectivity index (χ4v) is 1.30. The van der Waals surface area contributed by atoms with Crippen LogP contribution >= 0.6 is 15.9 Å². The topological polar surface area (TPSA) is 3.24 Å². The Kier molecular flexibility index (Phi) is 2.55. The van der Waals surface area contributed by atoms with Crippen LogP contribution in [0.2, 0.25) is 0 Å². The molecule has 0 heterocycles. The Labute approximate surface area is 70.5 Å². The second-order valence-corrected chi connectivity index (χ2v) is 3.68. The summed E-state index contributed by atoms with van der Waals surface area (Å²) < 4.78 is 1.30. The summed E-state index contributed by atoms with van der Waals surface area (Å²) in [6.45, 7) is 0. The Bertz CT molecular complexity index is 180. The second kappa shape index (κ2) is 3.24. The highest BCUT2D eigenvalue weighted by atomic mass is 79.9. The van der Waals surface area contributed by atoms with Crippen LogP contribution < -0.4 is 0 Å². The van der Waals surface area contributed by atoms with Gasteiger partial charge in [0.2, 0.25) is 0 Å². The summed E-state index contributed by atoms with van der Waals surface area (Å²) in [6.07, 6.45) is 6.58. The summed E-state index contributed by atoms with van der Waals surface area (Å²) in [5.74, 6) is 0. The van der Waals surface area contributed by atoms with E-state index in [2.05, 4.69) is 47.1 Å². The first-order valence-corrected chi connectivity index (χ1v) is 4.22. The summed E-state index contributed by atoms with van der Waals surface area (Å²) >= 11 is 3.46. The monoisotopic (exact) mass is 201 g/mol. The van der Waals surface area contributed by atoms with E-state index >= 15 is 0 Å². The van der Waals surface area contributed by atoms with Gasteiger partial charge in [-0.25, -0.2) is 0 Å². The standard InChI is InChI=1S/C8H12BrN/c1-10(2)8-5-3-7(9)4-6-8/h3,5H,4,6H2,1-2H3. The molecular formula is C8H12BrN. The summed E-state index contributed by atoms with van der Waals surface area (Å²) in [6, 6.07) is 0. The quantitative estimate of drug-likeness (QED) is 0.631. The van der Waals surface area contributed by atoms with Crippen molar-refractivity contribution in [3.05, 3.63) is 22.3 Å². The van der Waals surface area contributed by atoms with Crippen molar-refractivity contribution in [3.63, 3.8) is 0 Å². The van der Waals surface area contributed by atoms with Crippen LogP contribution in [0, 0.1) is 0 Å². The first kappa shape index (κ1) is 7.86. The summed E-state index contributed by atoms with van der Waals surface area (Å²) in [4.78, 5) is 2.16. The van der Waals surface area contributed by atoms with Crippen molar-refractivity contribution in [1.29, 1.82) is 0 Å². The molecule has 0 aromatic carbocycles. The Morgan fingerprint density at radius 3 is 2.40 bits per heavy atom. The van der Waals surface area contributed by atoms with Crippen molar-refractivity contribution in [3.8, 4) is 0 Å². The molecule has 56 valence electrons. The maximum Gasteiger partial charge on any atom is 0.0131 e. The van der Waals surface area contributed by atoms with E-state index < -0.39 is 0 Å². The number of hydrogen-bond donors (Lipinski definition) is 0. The predicted molar refractivity (Wildman–Crippen MR) is 48.0 cm³/mol. The first-order valence-electron chi connectivity index (χ1n) is 3.42. The van der Waals surface area contributed by atoms with Crippen molar-refractivity contribution in [2.75, 3.05) is 14.1 Å². The van der Waals surface area contributed by atoms with Gasteiger partial charge < -0.3 is 4.90 Å². The Hall–Kier alpha value is -0.240. The summed E-state index contributed by atoms with van der Waals surface area (Å²) in [7, 11) is 4.16. The first-order chi connectivity index (χ1) is 4.70. The number of nitrogens with zero attached hydrogens (tertiary/aromatic N) is 1. The normalized spacial score (nSPS) is 17.9. The Morgan fingerprint density at radius 1 is 1.30 bits per heavy atom. The van der Waals surface area contributed by atoms with E-state index in [0.29, 0.717) is 0 Å². The number of allylic oxidation sites excluding steroid dienone is 4. The largest absolute Gasteiger partial charge is 0.381 e. The third-order valence-electron chi connectivity index (χ3n) is 1.65. The van der Waals surface area contributed by atoms with E-state index in [9.17, 15) is 0 Å². The number of halogens is 1. The lowest BCUT2D eigenvalue weighted by molar-refractivity contribution is 0.485. The van der Waals surface area contributed by atoms with Gasteiger partial charge in [-0.3, -0.25) is 0 Å². The maximum atomic E-state index is 3.46. The maximum absolute atomic E-state index is 3.46. The van der Waals surface area contributed by atoms with Gasteiger partial charge in [0.1, 0.15) is 0 Å². The molecule has 0 bridgehead atoms. The molecule has 0 fully saturated rings. The lowest BCUT2D eigenvalue weighted by Crippen LogP contribution is -2.12. The molecule has 0 unspecified atom stereocenters. The van der Waals surface area contributed by atoms with Gasteiger partial charge in [0, 0.05) is 19.8 Å². The molecular weight excluding hydrogens is 190 g/mol. The van der Waals surface area contributed by atoms with E-state index in [4.69, 9.17) is 0 Å². The van der Waals surface area contributed by atoms with Crippen LogP contribution in [-0.2, 0) is 0 Å². The zero-order valence-electron chi connectivity index (χ0n) is 6.39. The third-order valence-corrected chi connectivity index (χ3v) is 2.31. The van der Waals surface area contributed by atoms with Crippen molar-refractivity contribution >= 4 is 15.9 Å². The Balaban J connectivity index is 2.64. The van der Waals surface area contributed by atoms with Crippen LogP contribution in [0.1, 0.15) is 12.8 Å². The molecule has 2 heteroatoms. The fourth-order valence-electron chi connectivity index (χ4n) is 0.973. The molecule has 0 saturated heterocycles. The van der Waals surface area contributed by atoms with E-state index in [1.165, 1.54) is 10.2 Å². The van der Waals surface area contributed by atoms with Gasteiger partial charge in [-0.15, -0.1) is 0 Å². The second-order valence-electron chi connectivity index (χ2n) is 2.67. The molecule has 0 aromatic rings. The zero-order chi connectivity index (χ0) is 7.56. The van der Waals surface area contributed by atoms with Crippen molar-refractivity contribution in [1.82, 2.24) is 4.90 Å². The third kappa shape index (κ3) is 1.87. The van der Waals surface area contributed by atoms with Gasteiger partial charge in [0.25, 0.3) is 0 Å². The molecule has 1 aliphatic carbocycles. The smallest absolute Gasteiger partial charge is 0.0131 e. The van der Waals surface area contributed by atoms with Crippen molar-refractivity contribution < 1.29 is 0 Å². The van der Waals surface area contributed by atoms with E-state index in [1.54, 1.807) is 0 Å². The van der Waals surface area contributed by atoms with Gasteiger partial charge in [0.05, 0.1) is 0 Å². The molecule has 0 radical (unpaired) electrons. The van der Waals surface area contributed by atoms with Crippen LogP contribution in [-0.4, -0.2) is 19.0 Å². The SMILES string of the molecule is CN(C)C1=CC=C(Br)CC1. The minimum atomic E-state index is 1.14. The van der Waals surface area contributed by atoms with Gasteiger partial charge in [-0.2, -0.15) is 0 Å². The highest BCUT2D eigenvalue weighted by Gasteiger charge is 2.04.